The van der Waals surface area contributed by atoms with E-state index < -0.39 is 0 Å². The van der Waals surface area contributed by atoms with Gasteiger partial charge in [0.25, 0.3) is 0 Å². The van der Waals surface area contributed by atoms with Crippen LogP contribution in [0.25, 0.3) is 0 Å². The van der Waals surface area contributed by atoms with Crippen molar-refractivity contribution in [2.45, 2.75) is 57.8 Å². The molecule has 7 heteroatoms. The number of hydrogen-bond acceptors (Lipinski definition) is 5. The highest BCUT2D eigenvalue weighted by molar-refractivity contribution is 5.85. The third-order valence-corrected chi connectivity index (χ3v) is 4.92. The van der Waals surface area contributed by atoms with Gasteiger partial charge in [0.1, 0.15) is 0 Å². The van der Waals surface area contributed by atoms with Crippen LogP contribution >= 0.6 is 0 Å². The zero-order valence-electron chi connectivity index (χ0n) is 14.4. The summed E-state index contributed by atoms with van der Waals surface area (Å²) in [5.74, 6) is 1.62. The molecule has 0 bridgehead atoms. The van der Waals surface area contributed by atoms with Crippen molar-refractivity contribution < 1.29 is 14.1 Å². The molecule has 1 aromatic rings. The lowest BCUT2D eigenvalue weighted by molar-refractivity contribution is -0.140. The van der Waals surface area contributed by atoms with Crippen LogP contribution < -0.4 is 0 Å². The van der Waals surface area contributed by atoms with Crippen molar-refractivity contribution in [2.75, 3.05) is 26.2 Å². The predicted octanol–water partition coefficient (Wildman–Crippen LogP) is 1.74. The van der Waals surface area contributed by atoms with Crippen molar-refractivity contribution in [2.24, 2.45) is 0 Å². The highest BCUT2D eigenvalue weighted by Crippen LogP contribution is 2.25. The summed E-state index contributed by atoms with van der Waals surface area (Å²) in [7, 11) is 0. The van der Waals surface area contributed by atoms with Gasteiger partial charge in [-0.2, -0.15) is 4.98 Å². The van der Waals surface area contributed by atoms with E-state index >= 15 is 0 Å². The number of piperidine rings is 1. The molecule has 1 atom stereocenters. The van der Waals surface area contributed by atoms with Gasteiger partial charge >= 0.3 is 0 Å². The van der Waals surface area contributed by atoms with Crippen LogP contribution in [-0.4, -0.2) is 57.9 Å². The first-order chi connectivity index (χ1) is 11.7. The lowest BCUT2D eigenvalue weighted by Crippen LogP contribution is -2.46. The van der Waals surface area contributed by atoms with E-state index in [2.05, 4.69) is 10.1 Å². The van der Waals surface area contributed by atoms with E-state index in [4.69, 9.17) is 4.52 Å². The molecule has 0 aromatic carbocycles. The summed E-state index contributed by atoms with van der Waals surface area (Å²) in [5, 5.41) is 4.06. The Morgan fingerprint density at radius 3 is 2.92 bits per heavy atom. The zero-order valence-corrected chi connectivity index (χ0v) is 14.4. The van der Waals surface area contributed by atoms with E-state index in [0.717, 1.165) is 45.1 Å². The molecule has 7 nitrogen and oxygen atoms in total. The maximum absolute atomic E-state index is 12.6. The molecule has 2 aliphatic heterocycles. The van der Waals surface area contributed by atoms with E-state index in [1.165, 1.54) is 0 Å². The molecule has 1 aromatic heterocycles. The van der Waals surface area contributed by atoms with Crippen molar-refractivity contribution in [3.8, 4) is 0 Å². The Morgan fingerprint density at radius 2 is 2.12 bits per heavy atom. The Kier molecular flexibility index (Phi) is 5.48. The summed E-state index contributed by atoms with van der Waals surface area (Å²) >= 11 is 0. The molecule has 2 aliphatic rings. The summed E-state index contributed by atoms with van der Waals surface area (Å²) in [6.07, 6.45) is 6.18. The third-order valence-electron chi connectivity index (χ3n) is 4.92. The fourth-order valence-corrected chi connectivity index (χ4v) is 3.46. The van der Waals surface area contributed by atoms with Crippen LogP contribution in [0.2, 0.25) is 0 Å². The molecule has 2 fully saturated rings. The Morgan fingerprint density at radius 1 is 1.25 bits per heavy atom. The number of nitrogens with zero attached hydrogens (tertiary/aromatic N) is 4. The standard InChI is InChI=1S/C17H26N4O3/c1-2-14-18-17(19-24-14)13-7-6-10-20(11-13)16(23)12-21-9-5-3-4-8-15(21)22/h13H,2-12H2,1H3/t13-/m1/s1. The fourth-order valence-electron chi connectivity index (χ4n) is 3.46. The maximum Gasteiger partial charge on any atom is 0.242 e. The minimum Gasteiger partial charge on any atom is -0.340 e. The Balaban J connectivity index is 1.59. The van der Waals surface area contributed by atoms with Crippen LogP contribution in [-0.2, 0) is 16.0 Å². The topological polar surface area (TPSA) is 79.5 Å². The second kappa shape index (κ2) is 7.77. The lowest BCUT2D eigenvalue weighted by atomic mass is 9.97. The predicted molar refractivity (Wildman–Crippen MR) is 87.3 cm³/mol. The largest absolute Gasteiger partial charge is 0.340 e. The Bertz CT molecular complexity index is 586. The van der Waals surface area contributed by atoms with Gasteiger partial charge in [-0.1, -0.05) is 18.5 Å². The zero-order chi connectivity index (χ0) is 16.9. The van der Waals surface area contributed by atoms with Gasteiger partial charge in [-0.15, -0.1) is 0 Å². The number of carbonyl (C=O) groups excluding carboxylic acids is 2. The smallest absolute Gasteiger partial charge is 0.242 e. The second-order valence-corrected chi connectivity index (χ2v) is 6.70. The van der Waals surface area contributed by atoms with E-state index in [0.29, 0.717) is 31.2 Å². The second-order valence-electron chi connectivity index (χ2n) is 6.70. The van der Waals surface area contributed by atoms with E-state index in [1.807, 2.05) is 11.8 Å². The van der Waals surface area contributed by atoms with Gasteiger partial charge in [0, 0.05) is 38.4 Å². The van der Waals surface area contributed by atoms with Gasteiger partial charge in [0.05, 0.1) is 6.54 Å². The number of likely N-dealkylation sites (tertiary alicyclic amines) is 2. The first kappa shape index (κ1) is 16.9. The summed E-state index contributed by atoms with van der Waals surface area (Å²) in [5.41, 5.74) is 0. The number of rotatable bonds is 4. The maximum atomic E-state index is 12.6. The molecule has 0 aliphatic carbocycles. The minimum absolute atomic E-state index is 0.0363. The van der Waals surface area contributed by atoms with E-state index in [-0.39, 0.29) is 24.3 Å². The molecule has 3 heterocycles. The number of carbonyl (C=O) groups is 2. The molecule has 0 N–H and O–H groups in total. The Hall–Kier alpha value is -1.92. The van der Waals surface area contributed by atoms with Crippen molar-refractivity contribution in [1.29, 1.82) is 0 Å². The van der Waals surface area contributed by atoms with Gasteiger partial charge in [-0.3, -0.25) is 9.59 Å². The number of aromatic nitrogens is 2. The fraction of sp³-hybridized carbons (Fsp3) is 0.765. The molecule has 2 saturated heterocycles. The molecule has 0 unspecified atom stereocenters. The van der Waals surface area contributed by atoms with Crippen LogP contribution in [0.5, 0.6) is 0 Å². The van der Waals surface area contributed by atoms with Crippen LogP contribution in [0.1, 0.15) is 63.1 Å². The summed E-state index contributed by atoms with van der Waals surface area (Å²) in [6.45, 7) is 4.25. The van der Waals surface area contributed by atoms with Crippen LogP contribution in [0.15, 0.2) is 4.52 Å². The van der Waals surface area contributed by atoms with Gasteiger partial charge in [-0.25, -0.2) is 0 Å². The van der Waals surface area contributed by atoms with Crippen molar-refractivity contribution >= 4 is 11.8 Å². The average Bonchev–Trinajstić information content (AvgIpc) is 3.00. The van der Waals surface area contributed by atoms with E-state index in [1.54, 1.807) is 4.90 Å². The van der Waals surface area contributed by atoms with Crippen LogP contribution in [0, 0.1) is 0 Å². The highest BCUT2D eigenvalue weighted by atomic mass is 16.5. The number of hydrogen-bond donors (Lipinski definition) is 0. The minimum atomic E-state index is 0.0363. The molecular formula is C17H26N4O3. The normalized spacial score (nSPS) is 22.5. The van der Waals surface area contributed by atoms with E-state index in [9.17, 15) is 9.59 Å². The molecule has 0 saturated carbocycles. The van der Waals surface area contributed by atoms with Gasteiger partial charge in [-0.05, 0) is 25.7 Å². The lowest BCUT2D eigenvalue weighted by Gasteiger charge is -2.33. The number of amides is 2. The molecule has 3 rings (SSSR count). The summed E-state index contributed by atoms with van der Waals surface area (Å²) in [6, 6.07) is 0. The van der Waals surface area contributed by atoms with Crippen LogP contribution in [0.4, 0.5) is 0 Å². The summed E-state index contributed by atoms with van der Waals surface area (Å²) < 4.78 is 5.19. The molecule has 24 heavy (non-hydrogen) atoms. The average molecular weight is 334 g/mol. The SMILES string of the molecule is CCc1nc([C@@H]2CCCN(C(=O)CN3CCCCCC3=O)C2)no1. The molecule has 0 radical (unpaired) electrons. The Labute approximate surface area is 142 Å². The monoisotopic (exact) mass is 334 g/mol. The van der Waals surface area contributed by atoms with Crippen molar-refractivity contribution in [1.82, 2.24) is 19.9 Å². The molecule has 132 valence electrons. The molecule has 2 amide bonds. The van der Waals surface area contributed by atoms with Gasteiger partial charge < -0.3 is 14.3 Å². The first-order valence-corrected chi connectivity index (χ1v) is 9.05. The number of aryl methyl sites for hydroxylation is 1. The van der Waals surface area contributed by atoms with Gasteiger partial charge in [0.2, 0.25) is 17.7 Å². The summed E-state index contributed by atoms with van der Waals surface area (Å²) in [4.78, 5) is 32.7. The van der Waals surface area contributed by atoms with Crippen LogP contribution in [0.3, 0.4) is 0 Å². The third kappa shape index (κ3) is 3.94. The molecule has 0 spiro atoms. The quantitative estimate of drug-likeness (QED) is 0.838. The highest BCUT2D eigenvalue weighted by Gasteiger charge is 2.29. The van der Waals surface area contributed by atoms with Crippen molar-refractivity contribution in [3.63, 3.8) is 0 Å². The molecular weight excluding hydrogens is 308 g/mol. The van der Waals surface area contributed by atoms with Crippen molar-refractivity contribution in [3.05, 3.63) is 11.7 Å². The first-order valence-electron chi connectivity index (χ1n) is 9.05. The van der Waals surface area contributed by atoms with Gasteiger partial charge in [0.15, 0.2) is 5.82 Å².